The van der Waals surface area contributed by atoms with Crippen LogP contribution in [0.1, 0.15) is 5.56 Å². The van der Waals surface area contributed by atoms with Gasteiger partial charge in [0, 0.05) is 49.9 Å². The molecule has 0 atom stereocenters. The summed E-state index contributed by atoms with van der Waals surface area (Å²) >= 11 is 0. The van der Waals surface area contributed by atoms with E-state index in [4.69, 9.17) is 4.74 Å². The van der Waals surface area contributed by atoms with Crippen LogP contribution in [0.2, 0.25) is 0 Å². The highest BCUT2D eigenvalue weighted by Gasteiger charge is 2.17. The van der Waals surface area contributed by atoms with Gasteiger partial charge in [0.25, 0.3) is 0 Å². The monoisotopic (exact) mass is 336 g/mol. The summed E-state index contributed by atoms with van der Waals surface area (Å²) in [5.41, 5.74) is 4.52. The first-order chi connectivity index (χ1) is 12.2. The van der Waals surface area contributed by atoms with Crippen LogP contribution >= 0.6 is 0 Å². The van der Waals surface area contributed by atoms with Crippen LogP contribution in [0.4, 0.5) is 5.69 Å². The maximum atomic E-state index is 10.7. The SMILES string of the molecule is COc1ccccc1-c1ccc(N2CCN(C)CC2)c(CC=C=O)c1. The fourth-order valence-corrected chi connectivity index (χ4v) is 3.31. The smallest absolute Gasteiger partial charge is 0.126 e. The number of para-hydroxylation sites is 1. The summed E-state index contributed by atoms with van der Waals surface area (Å²) in [6.45, 7) is 4.11. The molecule has 1 fully saturated rings. The lowest BCUT2D eigenvalue weighted by Crippen LogP contribution is -2.44. The maximum Gasteiger partial charge on any atom is 0.126 e. The molecule has 1 heterocycles. The molecule has 0 bridgehead atoms. The number of anilines is 1. The lowest BCUT2D eigenvalue weighted by molar-refractivity contribution is 0.312. The number of likely N-dealkylation sites (N-methyl/N-ethyl adjacent to an activating group) is 1. The van der Waals surface area contributed by atoms with Gasteiger partial charge in [0.1, 0.15) is 11.7 Å². The fraction of sp³-hybridized carbons (Fsp3) is 0.333. The molecule has 0 unspecified atom stereocenters. The summed E-state index contributed by atoms with van der Waals surface area (Å²) in [6.07, 6.45) is 2.15. The molecule has 4 heteroatoms. The molecule has 1 aliphatic rings. The molecule has 1 saturated heterocycles. The van der Waals surface area contributed by atoms with E-state index in [2.05, 4.69) is 41.1 Å². The molecule has 2 aromatic carbocycles. The Morgan fingerprint density at radius 1 is 1.12 bits per heavy atom. The molecule has 0 radical (unpaired) electrons. The van der Waals surface area contributed by atoms with Crippen molar-refractivity contribution < 1.29 is 9.53 Å². The fourth-order valence-electron chi connectivity index (χ4n) is 3.31. The van der Waals surface area contributed by atoms with E-state index in [1.807, 2.05) is 24.1 Å². The molecule has 0 amide bonds. The first-order valence-corrected chi connectivity index (χ1v) is 8.62. The number of rotatable bonds is 5. The van der Waals surface area contributed by atoms with E-state index in [0.717, 1.165) is 48.6 Å². The summed E-state index contributed by atoms with van der Waals surface area (Å²) in [5.74, 6) is 2.76. The normalized spacial score (nSPS) is 14.9. The van der Waals surface area contributed by atoms with Gasteiger partial charge in [-0.2, -0.15) is 0 Å². The highest BCUT2D eigenvalue weighted by Crippen LogP contribution is 2.33. The second-order valence-electron chi connectivity index (χ2n) is 6.36. The van der Waals surface area contributed by atoms with Gasteiger partial charge < -0.3 is 14.5 Å². The van der Waals surface area contributed by atoms with Crippen molar-refractivity contribution in [3.8, 4) is 16.9 Å². The van der Waals surface area contributed by atoms with E-state index in [-0.39, 0.29) is 0 Å². The van der Waals surface area contributed by atoms with Gasteiger partial charge in [-0.3, -0.25) is 0 Å². The van der Waals surface area contributed by atoms with Crippen LogP contribution in [-0.4, -0.2) is 51.2 Å². The van der Waals surface area contributed by atoms with Gasteiger partial charge in [0.15, 0.2) is 0 Å². The van der Waals surface area contributed by atoms with Crippen LogP contribution in [0.25, 0.3) is 11.1 Å². The molecule has 1 aliphatic heterocycles. The number of methoxy groups -OCH3 is 1. The standard InChI is InChI=1S/C21H24N2O2/c1-22-11-13-23(14-12-22)20-10-9-17(16-18(20)6-5-15-24)19-7-3-4-8-21(19)25-2/h3-5,7-10,16H,6,11-14H2,1-2H3. The van der Waals surface area contributed by atoms with Crippen molar-refractivity contribution in [3.05, 3.63) is 54.1 Å². The molecule has 0 aromatic heterocycles. The van der Waals surface area contributed by atoms with E-state index in [1.165, 1.54) is 5.69 Å². The van der Waals surface area contributed by atoms with Crippen LogP contribution in [0.15, 0.2) is 48.5 Å². The molecule has 0 N–H and O–H groups in total. The van der Waals surface area contributed by atoms with Crippen LogP contribution in [0.5, 0.6) is 5.75 Å². The van der Waals surface area contributed by atoms with Gasteiger partial charge >= 0.3 is 0 Å². The van der Waals surface area contributed by atoms with E-state index in [1.54, 1.807) is 13.2 Å². The third-order valence-corrected chi connectivity index (χ3v) is 4.75. The van der Waals surface area contributed by atoms with Gasteiger partial charge in [-0.1, -0.05) is 24.3 Å². The first-order valence-electron chi connectivity index (χ1n) is 8.62. The summed E-state index contributed by atoms with van der Waals surface area (Å²) in [4.78, 5) is 15.5. The van der Waals surface area contributed by atoms with Crippen molar-refractivity contribution in [2.45, 2.75) is 6.42 Å². The molecular formula is C21H24N2O2. The number of hydrogen-bond acceptors (Lipinski definition) is 4. The first kappa shape index (κ1) is 17.3. The molecular weight excluding hydrogens is 312 g/mol. The molecule has 4 nitrogen and oxygen atoms in total. The number of piperazine rings is 1. The summed E-state index contributed by atoms with van der Waals surface area (Å²) in [6, 6.07) is 14.5. The van der Waals surface area contributed by atoms with Crippen molar-refractivity contribution in [3.63, 3.8) is 0 Å². The van der Waals surface area contributed by atoms with Crippen LogP contribution in [0, 0.1) is 0 Å². The predicted octanol–water partition coefficient (Wildman–Crippen LogP) is 3.04. The van der Waals surface area contributed by atoms with Crippen LogP contribution < -0.4 is 9.64 Å². The Balaban J connectivity index is 1.98. The highest BCUT2D eigenvalue weighted by atomic mass is 16.5. The zero-order valence-electron chi connectivity index (χ0n) is 14.9. The van der Waals surface area contributed by atoms with Crippen molar-refractivity contribution in [1.29, 1.82) is 0 Å². The zero-order valence-corrected chi connectivity index (χ0v) is 14.9. The molecule has 130 valence electrons. The average Bonchev–Trinajstić information content (AvgIpc) is 2.67. The number of hydrogen-bond donors (Lipinski definition) is 0. The largest absolute Gasteiger partial charge is 0.496 e. The van der Waals surface area contributed by atoms with Crippen molar-refractivity contribution in [2.75, 3.05) is 45.2 Å². The maximum absolute atomic E-state index is 10.7. The lowest BCUT2D eigenvalue weighted by atomic mass is 9.98. The molecule has 2 aromatic rings. The third-order valence-electron chi connectivity index (χ3n) is 4.75. The Hall–Kier alpha value is -2.55. The number of nitrogens with zero attached hydrogens (tertiary/aromatic N) is 2. The minimum atomic E-state index is 0.591. The Bertz CT molecular complexity index is 773. The Kier molecular flexibility index (Phi) is 5.54. The van der Waals surface area contributed by atoms with E-state index >= 15 is 0 Å². The molecule has 3 rings (SSSR count). The molecule has 0 aliphatic carbocycles. The zero-order chi connectivity index (χ0) is 17.6. The van der Waals surface area contributed by atoms with Gasteiger partial charge in [0.2, 0.25) is 0 Å². The van der Waals surface area contributed by atoms with Crippen LogP contribution in [0.3, 0.4) is 0 Å². The molecule has 25 heavy (non-hydrogen) atoms. The number of benzene rings is 2. The van der Waals surface area contributed by atoms with Crippen molar-refractivity contribution in [2.24, 2.45) is 0 Å². The summed E-state index contributed by atoms with van der Waals surface area (Å²) < 4.78 is 5.49. The Morgan fingerprint density at radius 3 is 2.60 bits per heavy atom. The van der Waals surface area contributed by atoms with Crippen LogP contribution in [-0.2, 0) is 11.2 Å². The second kappa shape index (κ2) is 8.02. The molecule has 0 saturated carbocycles. The van der Waals surface area contributed by atoms with Gasteiger partial charge in [-0.05, 0) is 36.4 Å². The van der Waals surface area contributed by atoms with Crippen molar-refractivity contribution >= 4 is 11.6 Å². The minimum Gasteiger partial charge on any atom is -0.496 e. The predicted molar refractivity (Wildman–Crippen MR) is 102 cm³/mol. The van der Waals surface area contributed by atoms with Gasteiger partial charge in [-0.15, -0.1) is 0 Å². The highest BCUT2D eigenvalue weighted by molar-refractivity contribution is 5.74. The Labute approximate surface area is 149 Å². The number of ether oxygens (including phenoxy) is 1. The second-order valence-corrected chi connectivity index (χ2v) is 6.36. The molecule has 0 spiro atoms. The van der Waals surface area contributed by atoms with E-state index in [0.29, 0.717) is 6.42 Å². The quantitative estimate of drug-likeness (QED) is 0.786. The average molecular weight is 336 g/mol. The lowest BCUT2D eigenvalue weighted by Gasteiger charge is -2.35. The number of allylic oxidation sites excluding steroid dienone is 1. The van der Waals surface area contributed by atoms with E-state index < -0.39 is 0 Å². The van der Waals surface area contributed by atoms with E-state index in [9.17, 15) is 4.79 Å². The van der Waals surface area contributed by atoms with Crippen molar-refractivity contribution in [1.82, 2.24) is 4.90 Å². The topological polar surface area (TPSA) is 32.8 Å². The van der Waals surface area contributed by atoms with Gasteiger partial charge in [-0.25, -0.2) is 4.79 Å². The number of carbonyl (C=O) groups excluding carboxylic acids is 1. The third kappa shape index (κ3) is 3.93. The summed E-state index contributed by atoms with van der Waals surface area (Å²) in [7, 11) is 3.84. The Morgan fingerprint density at radius 2 is 1.88 bits per heavy atom. The minimum absolute atomic E-state index is 0.591. The summed E-state index contributed by atoms with van der Waals surface area (Å²) in [5, 5.41) is 0. The van der Waals surface area contributed by atoms with Gasteiger partial charge in [0.05, 0.1) is 7.11 Å².